The van der Waals surface area contributed by atoms with E-state index in [0.717, 1.165) is 5.56 Å². The number of hydrogen-bond acceptors (Lipinski definition) is 4. The monoisotopic (exact) mass is 362 g/mol. The molecule has 2 aromatic carbocycles. The average Bonchev–Trinajstić information content (AvgIpc) is 2.73. The van der Waals surface area contributed by atoms with Crippen LogP contribution >= 0.6 is 0 Å². The highest BCUT2D eigenvalue weighted by molar-refractivity contribution is 5.94. The fourth-order valence-corrected chi connectivity index (χ4v) is 3.07. The molecule has 3 rings (SSSR count). The standard InChI is InChI=1S/C21H22N4O2/c22-14-18-7-4-8-19(13-18)21(27)25-11-9-24(10-12-25)16-20(26)23-15-17-5-2-1-3-6-17/h1-8,13H,9-12,15-16H2,(H,23,26). The molecule has 1 heterocycles. The Balaban J connectivity index is 1.45. The normalized spacial score (nSPS) is 14.4. The topological polar surface area (TPSA) is 76.4 Å². The van der Waals surface area contributed by atoms with Gasteiger partial charge in [-0.15, -0.1) is 0 Å². The molecule has 0 bridgehead atoms. The highest BCUT2D eigenvalue weighted by Gasteiger charge is 2.23. The van der Waals surface area contributed by atoms with Crippen molar-refractivity contribution < 1.29 is 9.59 Å². The Morgan fingerprint density at radius 2 is 1.74 bits per heavy atom. The van der Waals surface area contributed by atoms with E-state index in [1.165, 1.54) is 0 Å². The van der Waals surface area contributed by atoms with E-state index in [4.69, 9.17) is 5.26 Å². The summed E-state index contributed by atoms with van der Waals surface area (Å²) < 4.78 is 0. The Morgan fingerprint density at radius 1 is 1.00 bits per heavy atom. The van der Waals surface area contributed by atoms with Gasteiger partial charge in [0.05, 0.1) is 18.2 Å². The Morgan fingerprint density at radius 3 is 2.44 bits per heavy atom. The van der Waals surface area contributed by atoms with E-state index in [-0.39, 0.29) is 11.8 Å². The van der Waals surface area contributed by atoms with Gasteiger partial charge in [-0.25, -0.2) is 0 Å². The molecule has 0 spiro atoms. The number of hydrogen-bond donors (Lipinski definition) is 1. The fraction of sp³-hybridized carbons (Fsp3) is 0.286. The summed E-state index contributed by atoms with van der Waals surface area (Å²) in [5.74, 6) is -0.0827. The minimum absolute atomic E-state index is 0.0136. The van der Waals surface area contributed by atoms with Crippen LogP contribution in [0.3, 0.4) is 0 Å². The van der Waals surface area contributed by atoms with Gasteiger partial charge in [0, 0.05) is 38.3 Å². The zero-order valence-electron chi connectivity index (χ0n) is 15.1. The van der Waals surface area contributed by atoms with Crippen molar-refractivity contribution in [2.24, 2.45) is 0 Å². The van der Waals surface area contributed by atoms with E-state index < -0.39 is 0 Å². The summed E-state index contributed by atoms with van der Waals surface area (Å²) in [6.07, 6.45) is 0. The molecule has 1 aliphatic heterocycles. The summed E-state index contributed by atoms with van der Waals surface area (Å²) in [6.45, 7) is 3.31. The van der Waals surface area contributed by atoms with Crippen LogP contribution in [0.4, 0.5) is 0 Å². The van der Waals surface area contributed by atoms with E-state index >= 15 is 0 Å². The summed E-state index contributed by atoms with van der Waals surface area (Å²) in [7, 11) is 0. The molecule has 6 heteroatoms. The predicted molar refractivity (Wildman–Crippen MR) is 102 cm³/mol. The van der Waals surface area contributed by atoms with Crippen LogP contribution in [-0.4, -0.2) is 54.3 Å². The van der Waals surface area contributed by atoms with Gasteiger partial charge in [-0.3, -0.25) is 14.5 Å². The third kappa shape index (κ3) is 5.16. The molecule has 0 radical (unpaired) electrons. The highest BCUT2D eigenvalue weighted by atomic mass is 16.2. The Bertz CT molecular complexity index is 837. The third-order valence-electron chi connectivity index (χ3n) is 4.60. The number of piperazine rings is 1. The minimum atomic E-state index is -0.0692. The van der Waals surface area contributed by atoms with Crippen LogP contribution in [0.2, 0.25) is 0 Å². The molecule has 27 heavy (non-hydrogen) atoms. The quantitative estimate of drug-likeness (QED) is 0.877. The highest BCUT2D eigenvalue weighted by Crippen LogP contribution is 2.10. The molecule has 0 unspecified atom stereocenters. The van der Waals surface area contributed by atoms with Crippen molar-refractivity contribution in [3.63, 3.8) is 0 Å². The maximum absolute atomic E-state index is 12.6. The first kappa shape index (κ1) is 18.6. The van der Waals surface area contributed by atoms with Crippen molar-refractivity contribution in [2.75, 3.05) is 32.7 Å². The first-order valence-corrected chi connectivity index (χ1v) is 8.98. The number of nitrogens with zero attached hydrogens (tertiary/aromatic N) is 3. The molecule has 1 N–H and O–H groups in total. The summed E-state index contributed by atoms with van der Waals surface area (Å²) in [4.78, 5) is 28.5. The van der Waals surface area contributed by atoms with Gasteiger partial charge in [-0.2, -0.15) is 5.26 Å². The summed E-state index contributed by atoms with van der Waals surface area (Å²) >= 11 is 0. The zero-order valence-corrected chi connectivity index (χ0v) is 15.1. The third-order valence-corrected chi connectivity index (χ3v) is 4.60. The number of nitrogens with one attached hydrogen (secondary N) is 1. The lowest BCUT2D eigenvalue weighted by Crippen LogP contribution is -2.51. The Hall–Kier alpha value is -3.17. The van der Waals surface area contributed by atoms with Gasteiger partial charge in [0.25, 0.3) is 5.91 Å². The Kier molecular flexibility index (Phi) is 6.18. The molecule has 138 valence electrons. The number of rotatable bonds is 5. The molecule has 0 saturated carbocycles. The zero-order chi connectivity index (χ0) is 19.1. The van der Waals surface area contributed by atoms with Crippen molar-refractivity contribution >= 4 is 11.8 Å². The summed E-state index contributed by atoms with van der Waals surface area (Å²) in [5.41, 5.74) is 2.08. The molecule has 1 fully saturated rings. The smallest absolute Gasteiger partial charge is 0.253 e. The van der Waals surface area contributed by atoms with Gasteiger partial charge in [-0.05, 0) is 23.8 Å². The van der Waals surface area contributed by atoms with Crippen molar-refractivity contribution in [2.45, 2.75) is 6.54 Å². The van der Waals surface area contributed by atoms with E-state index in [2.05, 4.69) is 16.3 Å². The van der Waals surface area contributed by atoms with Gasteiger partial charge in [0.2, 0.25) is 5.91 Å². The van der Waals surface area contributed by atoms with E-state index in [9.17, 15) is 9.59 Å². The lowest BCUT2D eigenvalue weighted by Gasteiger charge is -2.34. The molecule has 0 aliphatic carbocycles. The van der Waals surface area contributed by atoms with E-state index in [1.54, 1.807) is 29.2 Å². The van der Waals surface area contributed by atoms with Crippen LogP contribution < -0.4 is 5.32 Å². The number of carbonyl (C=O) groups is 2. The van der Waals surface area contributed by atoms with Gasteiger partial charge in [-0.1, -0.05) is 36.4 Å². The lowest BCUT2D eigenvalue weighted by molar-refractivity contribution is -0.122. The molecule has 0 aromatic heterocycles. The lowest BCUT2D eigenvalue weighted by atomic mass is 10.1. The van der Waals surface area contributed by atoms with Crippen molar-refractivity contribution in [1.29, 1.82) is 5.26 Å². The van der Waals surface area contributed by atoms with Crippen molar-refractivity contribution in [1.82, 2.24) is 15.1 Å². The van der Waals surface area contributed by atoms with Crippen LogP contribution in [0.1, 0.15) is 21.5 Å². The van der Waals surface area contributed by atoms with E-state index in [0.29, 0.717) is 50.4 Å². The van der Waals surface area contributed by atoms with Gasteiger partial charge in [0.15, 0.2) is 0 Å². The average molecular weight is 362 g/mol. The van der Waals surface area contributed by atoms with Crippen LogP contribution in [0.25, 0.3) is 0 Å². The molecular weight excluding hydrogens is 340 g/mol. The second-order valence-corrected chi connectivity index (χ2v) is 6.52. The molecule has 1 aliphatic rings. The maximum atomic E-state index is 12.6. The van der Waals surface area contributed by atoms with Crippen molar-refractivity contribution in [3.05, 3.63) is 71.3 Å². The van der Waals surface area contributed by atoms with Gasteiger partial charge < -0.3 is 10.2 Å². The molecule has 1 saturated heterocycles. The van der Waals surface area contributed by atoms with E-state index in [1.807, 2.05) is 30.3 Å². The minimum Gasteiger partial charge on any atom is -0.351 e. The predicted octanol–water partition coefficient (Wildman–Crippen LogP) is 1.63. The Labute approximate surface area is 159 Å². The molecule has 0 atom stereocenters. The maximum Gasteiger partial charge on any atom is 0.253 e. The van der Waals surface area contributed by atoms with Gasteiger partial charge >= 0.3 is 0 Å². The fourth-order valence-electron chi connectivity index (χ4n) is 3.07. The van der Waals surface area contributed by atoms with Crippen molar-refractivity contribution in [3.8, 4) is 6.07 Å². The first-order chi connectivity index (χ1) is 13.2. The molecule has 2 aromatic rings. The summed E-state index contributed by atoms with van der Waals surface area (Å²) in [6, 6.07) is 18.6. The molecule has 6 nitrogen and oxygen atoms in total. The first-order valence-electron chi connectivity index (χ1n) is 8.98. The number of carbonyl (C=O) groups excluding carboxylic acids is 2. The van der Waals surface area contributed by atoms with Crippen LogP contribution in [-0.2, 0) is 11.3 Å². The number of amides is 2. The van der Waals surface area contributed by atoms with Crippen LogP contribution in [0.15, 0.2) is 54.6 Å². The molecular formula is C21H22N4O2. The number of nitriles is 1. The second-order valence-electron chi connectivity index (χ2n) is 6.52. The molecule has 2 amide bonds. The van der Waals surface area contributed by atoms with Gasteiger partial charge in [0.1, 0.15) is 0 Å². The number of benzene rings is 2. The largest absolute Gasteiger partial charge is 0.351 e. The summed E-state index contributed by atoms with van der Waals surface area (Å²) in [5, 5.41) is 11.9. The van der Waals surface area contributed by atoms with Crippen LogP contribution in [0.5, 0.6) is 0 Å². The second kappa shape index (κ2) is 8.97. The SMILES string of the molecule is N#Cc1cccc(C(=O)N2CCN(CC(=O)NCc3ccccc3)CC2)c1. The van der Waals surface area contributed by atoms with Crippen LogP contribution in [0, 0.1) is 11.3 Å².